The molecule has 1 atom stereocenters. The number of nitrogens with one attached hydrogen (secondary N) is 1. The Bertz CT molecular complexity index is 512. The SMILES string of the molecule is CC[C@@H]1C(=O)NCCN1C(=O)CCc1nc(C(C)C)no1. The highest BCUT2D eigenvalue weighted by atomic mass is 16.5. The number of aryl methyl sites for hydroxylation is 1. The molecule has 1 aliphatic heterocycles. The predicted molar refractivity (Wildman–Crippen MR) is 75.5 cm³/mol. The van der Waals surface area contributed by atoms with Crippen molar-refractivity contribution in [1.29, 1.82) is 0 Å². The minimum absolute atomic E-state index is 0.0407. The van der Waals surface area contributed by atoms with E-state index in [1.807, 2.05) is 20.8 Å². The van der Waals surface area contributed by atoms with Crippen LogP contribution in [0.5, 0.6) is 0 Å². The number of nitrogens with zero attached hydrogens (tertiary/aromatic N) is 3. The van der Waals surface area contributed by atoms with E-state index in [0.717, 1.165) is 0 Å². The molecule has 0 aliphatic carbocycles. The standard InChI is InChI=1S/C14H22N4O3/c1-4-10-14(20)15-7-8-18(10)12(19)6-5-11-16-13(9(2)3)17-21-11/h9-10H,4-8H2,1-3H3,(H,15,20)/t10-/m1/s1. The molecule has 2 amide bonds. The van der Waals surface area contributed by atoms with Crippen LogP contribution in [0.25, 0.3) is 0 Å². The third-order valence-corrected chi connectivity index (χ3v) is 3.59. The molecule has 0 radical (unpaired) electrons. The van der Waals surface area contributed by atoms with Crippen molar-refractivity contribution in [3.05, 3.63) is 11.7 Å². The van der Waals surface area contributed by atoms with E-state index in [1.54, 1.807) is 4.90 Å². The van der Waals surface area contributed by atoms with E-state index in [-0.39, 0.29) is 30.2 Å². The fourth-order valence-corrected chi connectivity index (χ4v) is 2.38. The van der Waals surface area contributed by atoms with Crippen LogP contribution >= 0.6 is 0 Å². The molecule has 1 aromatic heterocycles. The highest BCUT2D eigenvalue weighted by Gasteiger charge is 2.31. The molecule has 7 heteroatoms. The van der Waals surface area contributed by atoms with Gasteiger partial charge in [0.15, 0.2) is 5.82 Å². The van der Waals surface area contributed by atoms with E-state index in [4.69, 9.17) is 4.52 Å². The van der Waals surface area contributed by atoms with Crippen molar-refractivity contribution in [2.45, 2.75) is 52.0 Å². The largest absolute Gasteiger partial charge is 0.353 e. The van der Waals surface area contributed by atoms with Crippen molar-refractivity contribution >= 4 is 11.8 Å². The topological polar surface area (TPSA) is 88.3 Å². The maximum absolute atomic E-state index is 12.3. The Labute approximate surface area is 124 Å². The molecule has 1 fully saturated rings. The van der Waals surface area contributed by atoms with Crippen molar-refractivity contribution in [2.24, 2.45) is 0 Å². The molecule has 1 saturated heterocycles. The molecule has 0 saturated carbocycles. The van der Waals surface area contributed by atoms with E-state index in [9.17, 15) is 9.59 Å². The van der Waals surface area contributed by atoms with Gasteiger partial charge in [0.1, 0.15) is 6.04 Å². The smallest absolute Gasteiger partial charge is 0.242 e. The summed E-state index contributed by atoms with van der Waals surface area (Å²) in [6, 6.07) is -0.361. The van der Waals surface area contributed by atoms with Gasteiger partial charge in [-0.3, -0.25) is 9.59 Å². The molecule has 0 bridgehead atoms. The van der Waals surface area contributed by atoms with Crippen LogP contribution in [0, 0.1) is 0 Å². The summed E-state index contributed by atoms with van der Waals surface area (Å²) in [5.74, 6) is 1.22. The second kappa shape index (κ2) is 6.69. The molecule has 21 heavy (non-hydrogen) atoms. The maximum Gasteiger partial charge on any atom is 0.242 e. The van der Waals surface area contributed by atoms with Gasteiger partial charge in [-0.25, -0.2) is 0 Å². The van der Waals surface area contributed by atoms with Crippen LogP contribution in [0.4, 0.5) is 0 Å². The molecule has 1 N–H and O–H groups in total. The molecule has 1 aliphatic rings. The number of rotatable bonds is 5. The summed E-state index contributed by atoms with van der Waals surface area (Å²) in [6.07, 6.45) is 1.31. The second-order valence-corrected chi connectivity index (χ2v) is 5.50. The van der Waals surface area contributed by atoms with Gasteiger partial charge < -0.3 is 14.7 Å². The average molecular weight is 294 g/mol. The summed E-state index contributed by atoms with van der Waals surface area (Å²) in [5.41, 5.74) is 0. The first kappa shape index (κ1) is 15.5. The van der Waals surface area contributed by atoms with Crippen molar-refractivity contribution in [3.8, 4) is 0 Å². The Morgan fingerprint density at radius 1 is 1.52 bits per heavy atom. The van der Waals surface area contributed by atoms with Gasteiger partial charge in [-0.15, -0.1) is 0 Å². The lowest BCUT2D eigenvalue weighted by Gasteiger charge is -2.34. The molecule has 2 rings (SSSR count). The minimum Gasteiger partial charge on any atom is -0.353 e. The van der Waals surface area contributed by atoms with Gasteiger partial charge >= 0.3 is 0 Å². The van der Waals surface area contributed by atoms with Crippen molar-refractivity contribution in [1.82, 2.24) is 20.4 Å². The fourth-order valence-electron chi connectivity index (χ4n) is 2.38. The Kier molecular flexibility index (Phi) is 4.93. The summed E-state index contributed by atoms with van der Waals surface area (Å²) >= 11 is 0. The second-order valence-electron chi connectivity index (χ2n) is 5.50. The van der Waals surface area contributed by atoms with Gasteiger partial charge in [0.2, 0.25) is 17.7 Å². The molecule has 0 unspecified atom stereocenters. The first-order valence-corrected chi connectivity index (χ1v) is 7.42. The molecule has 7 nitrogen and oxygen atoms in total. The predicted octanol–water partition coefficient (Wildman–Crippen LogP) is 0.863. The van der Waals surface area contributed by atoms with Crippen LogP contribution in [0.2, 0.25) is 0 Å². The van der Waals surface area contributed by atoms with Gasteiger partial charge in [0.05, 0.1) is 0 Å². The third kappa shape index (κ3) is 3.59. The van der Waals surface area contributed by atoms with Crippen molar-refractivity contribution < 1.29 is 14.1 Å². The number of carbonyl (C=O) groups excluding carboxylic acids is 2. The zero-order valence-corrected chi connectivity index (χ0v) is 12.8. The molecule has 0 spiro atoms. The van der Waals surface area contributed by atoms with Gasteiger partial charge in [-0.1, -0.05) is 25.9 Å². The summed E-state index contributed by atoms with van der Waals surface area (Å²) in [4.78, 5) is 29.9. The molecule has 0 aromatic carbocycles. The van der Waals surface area contributed by atoms with Crippen LogP contribution in [-0.4, -0.2) is 46.0 Å². The van der Waals surface area contributed by atoms with E-state index >= 15 is 0 Å². The Morgan fingerprint density at radius 3 is 2.90 bits per heavy atom. The summed E-state index contributed by atoms with van der Waals surface area (Å²) < 4.78 is 5.13. The summed E-state index contributed by atoms with van der Waals surface area (Å²) in [7, 11) is 0. The lowest BCUT2D eigenvalue weighted by atomic mass is 10.1. The highest BCUT2D eigenvalue weighted by Crippen LogP contribution is 2.13. The lowest BCUT2D eigenvalue weighted by Crippen LogP contribution is -2.56. The fraction of sp³-hybridized carbons (Fsp3) is 0.714. The zero-order valence-electron chi connectivity index (χ0n) is 12.8. The van der Waals surface area contributed by atoms with Crippen molar-refractivity contribution in [3.63, 3.8) is 0 Å². The number of hydrogen-bond acceptors (Lipinski definition) is 5. The molecular formula is C14H22N4O3. The van der Waals surface area contributed by atoms with Gasteiger partial charge in [-0.2, -0.15) is 4.98 Å². The number of aromatic nitrogens is 2. The highest BCUT2D eigenvalue weighted by molar-refractivity contribution is 5.88. The minimum atomic E-state index is -0.361. The molecule has 2 heterocycles. The summed E-state index contributed by atoms with van der Waals surface area (Å²) in [6.45, 7) is 6.95. The van der Waals surface area contributed by atoms with Gasteiger partial charge in [0, 0.05) is 31.8 Å². The van der Waals surface area contributed by atoms with Crippen LogP contribution < -0.4 is 5.32 Å². The van der Waals surface area contributed by atoms with E-state index in [2.05, 4.69) is 15.5 Å². The Balaban J connectivity index is 1.92. The van der Waals surface area contributed by atoms with Crippen LogP contribution in [0.1, 0.15) is 51.2 Å². The van der Waals surface area contributed by atoms with Crippen LogP contribution in [-0.2, 0) is 16.0 Å². The molecule has 116 valence electrons. The Morgan fingerprint density at radius 2 is 2.29 bits per heavy atom. The number of amides is 2. The molecular weight excluding hydrogens is 272 g/mol. The molecule has 1 aromatic rings. The summed E-state index contributed by atoms with van der Waals surface area (Å²) in [5, 5.41) is 6.66. The maximum atomic E-state index is 12.3. The number of carbonyl (C=O) groups is 2. The normalized spacial score (nSPS) is 19.0. The first-order chi connectivity index (χ1) is 10.0. The number of piperazine rings is 1. The zero-order chi connectivity index (χ0) is 15.4. The third-order valence-electron chi connectivity index (χ3n) is 3.59. The van der Waals surface area contributed by atoms with E-state index in [1.165, 1.54) is 0 Å². The van der Waals surface area contributed by atoms with Gasteiger partial charge in [-0.05, 0) is 6.42 Å². The van der Waals surface area contributed by atoms with E-state index in [0.29, 0.717) is 37.6 Å². The number of hydrogen-bond donors (Lipinski definition) is 1. The lowest BCUT2D eigenvalue weighted by molar-refractivity contribution is -0.143. The van der Waals surface area contributed by atoms with Crippen LogP contribution in [0.3, 0.4) is 0 Å². The van der Waals surface area contributed by atoms with Gasteiger partial charge in [0.25, 0.3) is 0 Å². The average Bonchev–Trinajstić information content (AvgIpc) is 2.93. The Hall–Kier alpha value is -1.92. The van der Waals surface area contributed by atoms with E-state index < -0.39 is 0 Å². The quantitative estimate of drug-likeness (QED) is 0.870. The van der Waals surface area contributed by atoms with Crippen LogP contribution in [0.15, 0.2) is 4.52 Å². The monoisotopic (exact) mass is 294 g/mol. The first-order valence-electron chi connectivity index (χ1n) is 7.42. The van der Waals surface area contributed by atoms with Crippen molar-refractivity contribution in [2.75, 3.05) is 13.1 Å².